The van der Waals surface area contributed by atoms with Gasteiger partial charge < -0.3 is 14.2 Å². The number of hydrogen-bond donors (Lipinski definition) is 2. The molecule has 2 aromatic carbocycles. The van der Waals surface area contributed by atoms with E-state index in [-0.39, 0.29) is 18.0 Å². The summed E-state index contributed by atoms with van der Waals surface area (Å²) in [5, 5.41) is 10.9. The molecule has 1 aliphatic rings. The summed E-state index contributed by atoms with van der Waals surface area (Å²) in [5.74, 6) is -0.398. The van der Waals surface area contributed by atoms with Crippen LogP contribution in [0.1, 0.15) is 0 Å². The van der Waals surface area contributed by atoms with Gasteiger partial charge in [0, 0.05) is 6.07 Å². The summed E-state index contributed by atoms with van der Waals surface area (Å²) in [7, 11) is 0. The number of nitro groups is 1. The van der Waals surface area contributed by atoms with E-state index < -0.39 is 29.4 Å². The number of fused-ring (bicyclic) bond motifs is 1. The number of ether oxygens (including phenoxy) is 3. The predicted molar refractivity (Wildman–Crippen MR) is 91.2 cm³/mol. The zero-order chi connectivity index (χ0) is 19.2. The molecular weight excluding hydrogens is 358 g/mol. The van der Waals surface area contributed by atoms with Gasteiger partial charge in [0.15, 0.2) is 23.9 Å². The predicted octanol–water partition coefficient (Wildman–Crippen LogP) is 0.961. The standard InChI is InChI=1S/C17H15N3O7/c21-16(10-26-12-6-2-1-5-11(12)20(23)24)18-19-17(22)15-9-25-13-7-3-4-8-14(13)27-15/h1-8,15H,9-10H2,(H,18,21)(H,19,22)/t15-/m0/s1. The van der Waals surface area contributed by atoms with Crippen LogP contribution in [0.3, 0.4) is 0 Å². The fourth-order valence-corrected chi connectivity index (χ4v) is 2.27. The van der Waals surface area contributed by atoms with Gasteiger partial charge in [-0.3, -0.25) is 30.6 Å². The molecule has 2 amide bonds. The lowest BCUT2D eigenvalue weighted by atomic mass is 10.2. The lowest BCUT2D eigenvalue weighted by molar-refractivity contribution is -0.385. The Balaban J connectivity index is 1.47. The molecule has 2 aromatic rings. The van der Waals surface area contributed by atoms with Gasteiger partial charge in [-0.15, -0.1) is 0 Å². The van der Waals surface area contributed by atoms with Gasteiger partial charge in [-0.2, -0.15) is 0 Å². The van der Waals surface area contributed by atoms with Crippen LogP contribution in [0, 0.1) is 10.1 Å². The molecule has 0 fully saturated rings. The average molecular weight is 373 g/mol. The van der Waals surface area contributed by atoms with E-state index in [9.17, 15) is 19.7 Å². The minimum atomic E-state index is -0.934. The molecule has 0 aliphatic carbocycles. The summed E-state index contributed by atoms with van der Waals surface area (Å²) in [5.41, 5.74) is 4.09. The summed E-state index contributed by atoms with van der Waals surface area (Å²) < 4.78 is 16.0. The van der Waals surface area contributed by atoms with E-state index >= 15 is 0 Å². The number of carbonyl (C=O) groups excluding carboxylic acids is 2. The van der Waals surface area contributed by atoms with E-state index in [0.29, 0.717) is 11.5 Å². The van der Waals surface area contributed by atoms with Crippen molar-refractivity contribution in [2.24, 2.45) is 0 Å². The molecule has 0 saturated carbocycles. The molecule has 0 aromatic heterocycles. The number of hydrogen-bond acceptors (Lipinski definition) is 7. The van der Waals surface area contributed by atoms with Crippen LogP contribution in [0.4, 0.5) is 5.69 Å². The van der Waals surface area contributed by atoms with E-state index in [4.69, 9.17) is 14.2 Å². The second kappa shape index (κ2) is 8.04. The highest BCUT2D eigenvalue weighted by atomic mass is 16.6. The number of carbonyl (C=O) groups is 2. The minimum absolute atomic E-state index is 0.00850. The van der Waals surface area contributed by atoms with Gasteiger partial charge >= 0.3 is 5.69 Å². The van der Waals surface area contributed by atoms with Crippen molar-refractivity contribution in [2.75, 3.05) is 13.2 Å². The molecule has 27 heavy (non-hydrogen) atoms. The molecular formula is C17H15N3O7. The number of nitrogens with zero attached hydrogens (tertiary/aromatic N) is 1. The van der Waals surface area contributed by atoms with Crippen molar-refractivity contribution in [2.45, 2.75) is 6.10 Å². The average Bonchev–Trinajstić information content (AvgIpc) is 2.70. The Morgan fingerprint density at radius 1 is 1.11 bits per heavy atom. The van der Waals surface area contributed by atoms with Crippen LogP contribution in [0.25, 0.3) is 0 Å². The maximum atomic E-state index is 12.1. The van der Waals surface area contributed by atoms with Gasteiger partial charge in [-0.1, -0.05) is 24.3 Å². The molecule has 10 nitrogen and oxygen atoms in total. The molecule has 10 heteroatoms. The van der Waals surface area contributed by atoms with Crippen molar-refractivity contribution < 1.29 is 28.7 Å². The molecule has 140 valence electrons. The number of benzene rings is 2. The second-order valence-electron chi connectivity index (χ2n) is 5.42. The summed E-state index contributed by atoms with van der Waals surface area (Å²) in [6.45, 7) is -0.526. The SMILES string of the molecule is O=C(COc1ccccc1[N+](=O)[O-])NNC(=O)[C@@H]1COc2ccccc2O1. The van der Waals surface area contributed by atoms with E-state index in [1.54, 1.807) is 30.3 Å². The smallest absolute Gasteiger partial charge is 0.310 e. The Bertz CT molecular complexity index is 871. The summed E-state index contributed by atoms with van der Waals surface area (Å²) in [6, 6.07) is 12.5. The van der Waals surface area contributed by atoms with Gasteiger partial charge in [0.25, 0.3) is 11.8 Å². The molecule has 0 spiro atoms. The first-order valence-corrected chi connectivity index (χ1v) is 7.88. The topological polar surface area (TPSA) is 129 Å². The van der Waals surface area contributed by atoms with E-state index in [1.807, 2.05) is 0 Å². The fourth-order valence-electron chi connectivity index (χ4n) is 2.27. The lowest BCUT2D eigenvalue weighted by Crippen LogP contribution is -2.51. The molecule has 2 N–H and O–H groups in total. The normalized spacial score (nSPS) is 14.7. The third-order valence-electron chi connectivity index (χ3n) is 3.55. The van der Waals surface area contributed by atoms with Crippen molar-refractivity contribution in [1.29, 1.82) is 0 Å². The number of nitro benzene ring substituents is 1. The molecule has 1 atom stereocenters. The van der Waals surface area contributed by atoms with Crippen LogP contribution in [-0.2, 0) is 9.59 Å². The van der Waals surface area contributed by atoms with Crippen molar-refractivity contribution >= 4 is 17.5 Å². The van der Waals surface area contributed by atoms with E-state index in [0.717, 1.165) is 0 Å². The third kappa shape index (κ3) is 4.42. The highest BCUT2D eigenvalue weighted by molar-refractivity contribution is 5.85. The van der Waals surface area contributed by atoms with Crippen molar-refractivity contribution in [3.8, 4) is 17.2 Å². The largest absolute Gasteiger partial charge is 0.485 e. The maximum Gasteiger partial charge on any atom is 0.310 e. The van der Waals surface area contributed by atoms with Gasteiger partial charge in [0.05, 0.1) is 4.92 Å². The van der Waals surface area contributed by atoms with E-state index in [2.05, 4.69) is 10.9 Å². The zero-order valence-corrected chi connectivity index (χ0v) is 13.9. The van der Waals surface area contributed by atoms with Crippen LogP contribution in [0.5, 0.6) is 17.2 Å². The molecule has 0 radical (unpaired) electrons. The molecule has 0 saturated heterocycles. The summed E-state index contributed by atoms with van der Waals surface area (Å²) in [4.78, 5) is 34.1. The van der Waals surface area contributed by atoms with Crippen molar-refractivity contribution in [1.82, 2.24) is 10.9 Å². The highest BCUT2D eigenvalue weighted by Gasteiger charge is 2.27. The number of nitrogens with one attached hydrogen (secondary N) is 2. The molecule has 1 heterocycles. The fraction of sp³-hybridized carbons (Fsp3) is 0.176. The van der Waals surface area contributed by atoms with Crippen LogP contribution < -0.4 is 25.1 Å². The number of rotatable bonds is 5. The summed E-state index contributed by atoms with van der Waals surface area (Å²) >= 11 is 0. The second-order valence-corrected chi connectivity index (χ2v) is 5.42. The maximum absolute atomic E-state index is 12.1. The Kier molecular flexibility index (Phi) is 5.36. The van der Waals surface area contributed by atoms with Crippen molar-refractivity contribution in [3.63, 3.8) is 0 Å². The molecule has 0 bridgehead atoms. The lowest BCUT2D eigenvalue weighted by Gasteiger charge is -2.25. The van der Waals surface area contributed by atoms with Gasteiger partial charge in [0.1, 0.15) is 6.61 Å². The first kappa shape index (κ1) is 18.0. The molecule has 3 rings (SSSR count). The van der Waals surface area contributed by atoms with Crippen LogP contribution in [0.2, 0.25) is 0 Å². The monoisotopic (exact) mass is 373 g/mol. The van der Waals surface area contributed by atoms with E-state index in [1.165, 1.54) is 18.2 Å². The molecule has 0 unspecified atom stereocenters. The third-order valence-corrected chi connectivity index (χ3v) is 3.55. The van der Waals surface area contributed by atoms with Gasteiger partial charge in [-0.05, 0) is 18.2 Å². The Labute approximate surface area is 153 Å². The first-order valence-electron chi connectivity index (χ1n) is 7.88. The van der Waals surface area contributed by atoms with Crippen LogP contribution >= 0.6 is 0 Å². The Hall–Kier alpha value is -3.82. The quantitative estimate of drug-likeness (QED) is 0.590. The zero-order valence-electron chi connectivity index (χ0n) is 13.9. The minimum Gasteiger partial charge on any atom is -0.485 e. The van der Waals surface area contributed by atoms with Crippen LogP contribution in [-0.4, -0.2) is 36.1 Å². The molecule has 1 aliphatic heterocycles. The Morgan fingerprint density at radius 3 is 2.59 bits per heavy atom. The number of hydrazine groups is 1. The van der Waals surface area contributed by atoms with Gasteiger partial charge in [-0.25, -0.2) is 0 Å². The first-order chi connectivity index (χ1) is 13.0. The van der Waals surface area contributed by atoms with Crippen molar-refractivity contribution in [3.05, 3.63) is 58.6 Å². The van der Waals surface area contributed by atoms with Crippen LogP contribution in [0.15, 0.2) is 48.5 Å². The highest BCUT2D eigenvalue weighted by Crippen LogP contribution is 2.30. The van der Waals surface area contributed by atoms with Gasteiger partial charge in [0.2, 0.25) is 6.10 Å². The summed E-state index contributed by atoms with van der Waals surface area (Å²) in [6.07, 6.45) is -0.934. The number of para-hydroxylation sites is 4. The Morgan fingerprint density at radius 2 is 1.81 bits per heavy atom. The number of amides is 2.